The Morgan fingerprint density at radius 3 is 2.96 bits per heavy atom. The van der Waals surface area contributed by atoms with E-state index >= 15 is 0 Å². The minimum atomic E-state index is -0.774. The van der Waals surface area contributed by atoms with Crippen molar-refractivity contribution in [3.63, 3.8) is 0 Å². The summed E-state index contributed by atoms with van der Waals surface area (Å²) >= 11 is 1.66. The van der Waals surface area contributed by atoms with E-state index in [4.69, 9.17) is 0 Å². The van der Waals surface area contributed by atoms with Gasteiger partial charge in [-0.3, -0.25) is 18.9 Å². The first-order valence-electron chi connectivity index (χ1n) is 7.70. The maximum absolute atomic E-state index is 12.7. The van der Waals surface area contributed by atoms with Crippen molar-refractivity contribution in [3.8, 4) is 0 Å². The Balaban J connectivity index is 1.70. The molecule has 7 nitrogen and oxygen atoms in total. The van der Waals surface area contributed by atoms with E-state index in [9.17, 15) is 14.4 Å². The van der Waals surface area contributed by atoms with E-state index in [0.717, 1.165) is 11.3 Å². The number of aromatic nitrogens is 2. The number of aryl methyl sites for hydroxylation is 1. The number of carbonyl (C=O) groups is 2. The number of thioether (sulfide) groups is 1. The van der Waals surface area contributed by atoms with Gasteiger partial charge in [0.05, 0.1) is 12.2 Å². The van der Waals surface area contributed by atoms with Crippen LogP contribution in [0.2, 0.25) is 0 Å². The molecule has 0 bridgehead atoms. The lowest BCUT2D eigenvalue weighted by molar-refractivity contribution is -0.130. The van der Waals surface area contributed by atoms with Gasteiger partial charge in [-0.2, -0.15) is 11.8 Å². The average molecular weight is 344 g/mol. The molecule has 2 aromatic rings. The monoisotopic (exact) mass is 344 g/mol. The fraction of sp³-hybridized carbons (Fsp3) is 0.375. The summed E-state index contributed by atoms with van der Waals surface area (Å²) in [4.78, 5) is 42.8. The topological polar surface area (TPSA) is 83.8 Å². The van der Waals surface area contributed by atoms with Gasteiger partial charge in [-0.25, -0.2) is 9.78 Å². The first-order chi connectivity index (χ1) is 11.5. The molecule has 0 radical (unpaired) electrons. The summed E-state index contributed by atoms with van der Waals surface area (Å²) in [6, 6.07) is 4.62. The molecule has 1 spiro atoms. The molecular formula is C16H16N4O3S. The molecule has 0 aliphatic carbocycles. The Hall–Kier alpha value is -2.35. The van der Waals surface area contributed by atoms with Gasteiger partial charge in [0.2, 0.25) is 0 Å². The van der Waals surface area contributed by atoms with Gasteiger partial charge in [0.15, 0.2) is 0 Å². The van der Waals surface area contributed by atoms with E-state index in [1.54, 1.807) is 24.0 Å². The predicted octanol–water partition coefficient (Wildman–Crippen LogP) is 0.930. The lowest BCUT2D eigenvalue weighted by Crippen LogP contribution is -2.46. The van der Waals surface area contributed by atoms with E-state index in [1.165, 1.54) is 15.4 Å². The second-order valence-electron chi connectivity index (χ2n) is 6.18. The molecule has 4 rings (SSSR count). The quantitative estimate of drug-likeness (QED) is 0.820. The zero-order chi connectivity index (χ0) is 16.9. The van der Waals surface area contributed by atoms with Crippen molar-refractivity contribution in [1.29, 1.82) is 0 Å². The first-order valence-corrected chi connectivity index (χ1v) is 8.85. The second-order valence-corrected chi connectivity index (χ2v) is 7.28. The number of amides is 3. The van der Waals surface area contributed by atoms with Crippen LogP contribution < -0.4 is 10.9 Å². The lowest BCUT2D eigenvalue weighted by Gasteiger charge is -2.19. The maximum Gasteiger partial charge on any atom is 0.325 e. The van der Waals surface area contributed by atoms with Crippen molar-refractivity contribution < 1.29 is 9.59 Å². The fourth-order valence-electron chi connectivity index (χ4n) is 3.20. The highest BCUT2D eigenvalue weighted by molar-refractivity contribution is 7.99. The van der Waals surface area contributed by atoms with Gasteiger partial charge < -0.3 is 5.32 Å². The molecule has 24 heavy (non-hydrogen) atoms. The second kappa shape index (κ2) is 5.34. The number of nitrogens with one attached hydrogen (secondary N) is 1. The fourth-order valence-corrected chi connectivity index (χ4v) is 4.53. The third-order valence-electron chi connectivity index (χ3n) is 4.53. The van der Waals surface area contributed by atoms with Gasteiger partial charge in [0, 0.05) is 18.0 Å². The highest BCUT2D eigenvalue weighted by atomic mass is 32.2. The lowest BCUT2D eigenvalue weighted by atomic mass is 9.99. The third kappa shape index (κ3) is 2.21. The SMILES string of the molecule is Cc1cccn2c(=O)cc(CN3C(=O)N[C@]4(CCSC4)C3=O)nc12. The van der Waals surface area contributed by atoms with Crippen LogP contribution in [0, 0.1) is 6.92 Å². The molecule has 1 atom stereocenters. The van der Waals surface area contributed by atoms with E-state index < -0.39 is 11.6 Å². The Labute approximate surface area is 142 Å². The van der Waals surface area contributed by atoms with Gasteiger partial charge >= 0.3 is 6.03 Å². The molecule has 0 saturated carbocycles. The number of fused-ring (bicyclic) bond motifs is 1. The van der Waals surface area contributed by atoms with E-state index in [0.29, 0.717) is 23.5 Å². The van der Waals surface area contributed by atoms with Crippen molar-refractivity contribution in [1.82, 2.24) is 19.6 Å². The van der Waals surface area contributed by atoms with Crippen LogP contribution in [0.4, 0.5) is 4.79 Å². The number of urea groups is 1. The molecular weight excluding hydrogens is 328 g/mol. The predicted molar refractivity (Wildman–Crippen MR) is 90.0 cm³/mol. The number of nitrogens with zero attached hydrogens (tertiary/aromatic N) is 3. The van der Waals surface area contributed by atoms with Gasteiger partial charge in [-0.05, 0) is 30.7 Å². The van der Waals surface area contributed by atoms with E-state index in [1.807, 2.05) is 13.0 Å². The molecule has 4 heterocycles. The summed E-state index contributed by atoms with van der Waals surface area (Å²) in [5.74, 6) is 1.24. The van der Waals surface area contributed by atoms with Crippen LogP contribution in [0.5, 0.6) is 0 Å². The van der Waals surface area contributed by atoms with Crippen molar-refractivity contribution in [3.05, 3.63) is 46.0 Å². The molecule has 2 aliphatic rings. The van der Waals surface area contributed by atoms with Crippen LogP contribution >= 0.6 is 11.8 Å². The van der Waals surface area contributed by atoms with Crippen molar-refractivity contribution >= 4 is 29.3 Å². The summed E-state index contributed by atoms with van der Waals surface area (Å²) in [6.45, 7) is 1.88. The molecule has 2 aliphatic heterocycles. The van der Waals surface area contributed by atoms with Crippen molar-refractivity contribution in [2.75, 3.05) is 11.5 Å². The molecule has 2 saturated heterocycles. The van der Waals surface area contributed by atoms with Crippen LogP contribution in [0.25, 0.3) is 5.65 Å². The maximum atomic E-state index is 12.7. The van der Waals surface area contributed by atoms with Gasteiger partial charge in [0.1, 0.15) is 11.2 Å². The summed E-state index contributed by atoms with van der Waals surface area (Å²) in [6.07, 6.45) is 2.30. The molecule has 0 unspecified atom stereocenters. The highest BCUT2D eigenvalue weighted by Gasteiger charge is 2.52. The number of hydrogen-bond donors (Lipinski definition) is 1. The van der Waals surface area contributed by atoms with Crippen LogP contribution in [0.15, 0.2) is 29.2 Å². The Morgan fingerprint density at radius 2 is 2.21 bits per heavy atom. The average Bonchev–Trinajstić information content (AvgIpc) is 3.10. The Morgan fingerprint density at radius 1 is 1.38 bits per heavy atom. The number of imide groups is 1. The molecule has 1 N–H and O–H groups in total. The highest BCUT2D eigenvalue weighted by Crippen LogP contribution is 2.33. The summed E-state index contributed by atoms with van der Waals surface area (Å²) in [5.41, 5.74) is 0.816. The van der Waals surface area contributed by atoms with Crippen molar-refractivity contribution in [2.45, 2.75) is 25.4 Å². The zero-order valence-electron chi connectivity index (χ0n) is 13.1. The Bertz CT molecular complexity index is 917. The smallest absolute Gasteiger partial charge is 0.322 e. The molecule has 124 valence electrons. The van der Waals surface area contributed by atoms with E-state index in [2.05, 4.69) is 10.3 Å². The van der Waals surface area contributed by atoms with Crippen LogP contribution in [0.1, 0.15) is 17.7 Å². The summed E-state index contributed by atoms with van der Waals surface area (Å²) in [7, 11) is 0. The van der Waals surface area contributed by atoms with Gasteiger partial charge in [-0.1, -0.05) is 6.07 Å². The summed E-state index contributed by atoms with van der Waals surface area (Å²) in [5, 5.41) is 2.82. The molecule has 0 aromatic carbocycles. The third-order valence-corrected chi connectivity index (χ3v) is 5.72. The van der Waals surface area contributed by atoms with Crippen LogP contribution in [-0.4, -0.2) is 43.3 Å². The summed E-state index contributed by atoms with van der Waals surface area (Å²) < 4.78 is 1.46. The molecule has 2 aromatic heterocycles. The number of pyridine rings is 1. The number of hydrogen-bond acceptors (Lipinski definition) is 5. The van der Waals surface area contributed by atoms with Gasteiger partial charge in [0.25, 0.3) is 11.5 Å². The minimum absolute atomic E-state index is 0.0111. The molecule has 2 fully saturated rings. The van der Waals surface area contributed by atoms with Crippen LogP contribution in [0.3, 0.4) is 0 Å². The first kappa shape index (κ1) is 15.2. The normalized spacial score (nSPS) is 23.5. The number of carbonyl (C=O) groups excluding carboxylic acids is 2. The Kier molecular flexibility index (Phi) is 3.38. The standard InChI is InChI=1S/C16H16N4O3S/c1-10-3-2-5-19-12(21)7-11(17-13(10)19)8-20-14(22)16(18-15(20)23)4-6-24-9-16/h2-3,5,7H,4,6,8-9H2,1H3,(H,18,23)/t16-/m0/s1. The molecule has 8 heteroatoms. The van der Waals surface area contributed by atoms with Crippen molar-refractivity contribution in [2.24, 2.45) is 0 Å². The van der Waals surface area contributed by atoms with E-state index in [-0.39, 0.29) is 18.0 Å². The van der Waals surface area contributed by atoms with Gasteiger partial charge in [-0.15, -0.1) is 0 Å². The number of rotatable bonds is 2. The van der Waals surface area contributed by atoms with Crippen LogP contribution in [-0.2, 0) is 11.3 Å². The largest absolute Gasteiger partial charge is 0.325 e. The zero-order valence-corrected chi connectivity index (χ0v) is 13.9. The molecule has 3 amide bonds. The minimum Gasteiger partial charge on any atom is -0.322 e.